The van der Waals surface area contributed by atoms with E-state index in [1.54, 1.807) is 79.7 Å². The van der Waals surface area contributed by atoms with E-state index in [-0.39, 0.29) is 182 Å². The van der Waals surface area contributed by atoms with Gasteiger partial charge in [0.05, 0.1) is 11.0 Å². The van der Waals surface area contributed by atoms with Crippen LogP contribution in [0.1, 0.15) is 395 Å². The molecule has 6 aliphatic carbocycles. The van der Waals surface area contributed by atoms with Crippen LogP contribution < -0.4 is 0 Å². The number of hydrogen-bond acceptors (Lipinski definition) is 12. The van der Waals surface area contributed by atoms with E-state index in [0.717, 1.165) is 116 Å². The minimum atomic E-state index is -2.72. The summed E-state index contributed by atoms with van der Waals surface area (Å²) in [7, 11) is 0. The molecule has 0 heterocycles. The van der Waals surface area contributed by atoms with Crippen molar-refractivity contribution in [1.82, 2.24) is 0 Å². The van der Waals surface area contributed by atoms with Gasteiger partial charge in [0.15, 0.2) is 0 Å². The highest BCUT2D eigenvalue weighted by molar-refractivity contribution is 5.58. The molecule has 0 radical (unpaired) electrons. The molecule has 128 heavy (non-hydrogen) atoms. The molecule has 0 saturated heterocycles. The fraction of sp³-hybridized carbons (Fsp3) is 0.483. The third kappa shape index (κ3) is 28.4. The van der Waals surface area contributed by atoms with Crippen LogP contribution in [0.15, 0.2) is 215 Å². The summed E-state index contributed by atoms with van der Waals surface area (Å²) in [5.74, 6) is -6.77. The molecule has 0 fully saturated rings. The van der Waals surface area contributed by atoms with Gasteiger partial charge >= 0.3 is 0 Å². The van der Waals surface area contributed by atoms with Crippen LogP contribution in [0.3, 0.4) is 0 Å². The summed E-state index contributed by atoms with van der Waals surface area (Å²) in [6.45, 7) is 10.4. The Morgan fingerprint density at radius 2 is 0.453 bits per heavy atom. The van der Waals surface area contributed by atoms with Gasteiger partial charge in [-0.3, -0.25) is 0 Å². The lowest BCUT2D eigenvalue weighted by Gasteiger charge is -2.31. The van der Waals surface area contributed by atoms with Gasteiger partial charge < -0.3 is 61.3 Å². The fourth-order valence-corrected chi connectivity index (χ4v) is 19.1. The van der Waals surface area contributed by atoms with E-state index in [1.165, 1.54) is 29.9 Å². The topological polar surface area (TPSA) is 243 Å². The molecule has 12 nitrogen and oxygen atoms in total. The molecule has 0 bridgehead atoms. The van der Waals surface area contributed by atoms with E-state index in [4.69, 9.17) is 39.8 Å². The Morgan fingerprint density at radius 3 is 0.641 bits per heavy atom. The smallest absolute Gasteiger partial charge is 0.123 e. The summed E-state index contributed by atoms with van der Waals surface area (Å²) >= 11 is 0. The number of phenols is 12. The van der Waals surface area contributed by atoms with Crippen LogP contribution in [-0.4, -0.2) is 61.3 Å². The van der Waals surface area contributed by atoms with Crippen molar-refractivity contribution in [3.63, 3.8) is 0 Å². The van der Waals surface area contributed by atoms with Gasteiger partial charge in [-0.1, -0.05) is 229 Å². The van der Waals surface area contributed by atoms with Gasteiger partial charge in [0.1, 0.15) is 69.0 Å². The summed E-state index contributed by atoms with van der Waals surface area (Å²) in [6, 6.07) is 19.4. The number of rotatable bonds is 26. The van der Waals surface area contributed by atoms with Crippen molar-refractivity contribution < 1.29 is 101 Å². The molecule has 12 atom stereocenters. The van der Waals surface area contributed by atoms with Crippen LogP contribution in [0.4, 0.5) is 0 Å². The Balaban J connectivity index is 0.000000254. The minimum absolute atomic E-state index is 0.00442. The third-order valence-electron chi connectivity index (χ3n) is 25.5. The molecule has 6 aliphatic rings. The molecule has 696 valence electrons. The van der Waals surface area contributed by atoms with Crippen LogP contribution in [0.5, 0.6) is 69.0 Å². The highest BCUT2D eigenvalue weighted by Gasteiger charge is 2.37. The molecule has 0 aliphatic heterocycles. The molecule has 12 N–H and O–H groups in total. The van der Waals surface area contributed by atoms with Crippen molar-refractivity contribution in [2.45, 2.75) is 327 Å². The van der Waals surface area contributed by atoms with Crippen molar-refractivity contribution >= 4 is 0 Å². The zero-order valence-corrected chi connectivity index (χ0v) is 77.0. The van der Waals surface area contributed by atoms with Crippen molar-refractivity contribution in [2.75, 3.05) is 0 Å². The molecular weight excluding hydrogens is 1590 g/mol. The van der Waals surface area contributed by atoms with Gasteiger partial charge in [0.2, 0.25) is 0 Å². The standard InChI is InChI=1S/C21H30O2.5C19H26O2/c1-5-6-7-8-16-12-19(22)21(20(23)13-16)18-11-15(4)9-10-17(18)14(2)3;5*1-5-6-14-10-17(20)19(18(21)11-14)16-9-13(4)7-8-15(16)12(2)3/h11-13,17-18,22-23H,2,5-10H2,1,3-4H3;5*9-11,15-16,20-21H,2,5-8H2,1,3-4H3/i2D2;2D2,3D3,4D3;3D3,4D3;2D2,4D3;2D2,3D3;4D3. The number of hydrogen-bond donors (Lipinski definition) is 12. The Bertz CT molecular complexity index is 6150. The van der Waals surface area contributed by atoms with Crippen LogP contribution >= 0.6 is 0 Å². The number of unbranched alkanes of at least 4 members (excludes halogenated alkanes) is 2. The van der Waals surface area contributed by atoms with Crippen molar-refractivity contribution in [1.29, 1.82) is 0 Å². The van der Waals surface area contributed by atoms with Crippen molar-refractivity contribution in [3.8, 4) is 69.0 Å². The molecule has 0 aromatic heterocycles. The first-order chi connectivity index (χ1) is 72.7. The van der Waals surface area contributed by atoms with Crippen LogP contribution in [0, 0.1) is 35.5 Å². The fourth-order valence-electron chi connectivity index (χ4n) is 19.1. The van der Waals surface area contributed by atoms with Crippen molar-refractivity contribution in [3.05, 3.63) is 282 Å². The summed E-state index contributed by atoms with van der Waals surface area (Å²) in [6.07, 6.45) is 27.5. The van der Waals surface area contributed by atoms with E-state index in [1.807, 2.05) is 61.5 Å². The second-order valence-corrected chi connectivity index (χ2v) is 35.9. The van der Waals surface area contributed by atoms with E-state index >= 15 is 0 Å². The normalized spacial score (nSPS) is 25.7. The zero-order valence-electron chi connectivity index (χ0n) is 106. The van der Waals surface area contributed by atoms with E-state index in [0.29, 0.717) is 103 Å². The van der Waals surface area contributed by atoms with Gasteiger partial charge in [-0.15, -0.1) is 0 Å². The largest absolute Gasteiger partial charge is 0.507 e. The average molecular weight is 1780 g/mol. The SMILES string of the molecule is [2H]C([2H])([2H])C(=C)C1CCC(C([2H])([2H])[2H])=CC1c1c(O)cc(CCC)cc1O.[2H]C([2H])([2H])C1=CC(c2c(O)cc(CCC)cc2O)C(C(=C)C)CC1.[2H]C([2H])=C(C)C1CCC(C([2H])([2H])[2H])=CC1c1c(O)cc(CCC)cc1O.[2H]C([2H])=C(C)C1CCC(C)=CC1c1c(O)cc(CCCCC)cc1O.[2H]C([2H])=C(C1CCC(C([2H])([2H])[2H])=CC1c1c(O)cc(CCC)cc1O)C([2H])([2H])[2H].[2H]C([2H])=C(C1CCC(C)=CC1c1c(O)cc(CCC)cc1O)C([2H])([2H])[2H]. The molecular formula is C116H160O12. The Kier molecular flexibility index (Phi) is 26.6. The van der Waals surface area contributed by atoms with Gasteiger partial charge in [-0.2, -0.15) is 0 Å². The van der Waals surface area contributed by atoms with Gasteiger partial charge in [0.25, 0.3) is 0 Å². The second-order valence-electron chi connectivity index (χ2n) is 35.9. The summed E-state index contributed by atoms with van der Waals surface area (Å²) in [5, 5.41) is 127. The molecule has 0 spiro atoms. The lowest BCUT2D eigenvalue weighted by atomic mass is 9.73. The first kappa shape index (κ1) is 68.8. The number of aryl methyl sites for hydroxylation is 6. The summed E-state index contributed by atoms with van der Waals surface area (Å²) in [4.78, 5) is 0. The number of aromatic hydroxyl groups is 12. The van der Waals surface area contributed by atoms with Crippen LogP contribution in [0.2, 0.25) is 0 Å². The molecule has 6 aromatic rings. The predicted octanol–water partition coefficient (Wildman–Crippen LogP) is 31.2. The van der Waals surface area contributed by atoms with E-state index in [2.05, 4.69) is 33.1 Å². The third-order valence-corrected chi connectivity index (χ3v) is 25.5. The second kappa shape index (κ2) is 49.5. The quantitative estimate of drug-likeness (QED) is 0.0179. The number of phenolic OH excluding ortho intramolecular Hbond substituents is 12. The van der Waals surface area contributed by atoms with Gasteiger partial charge in [-0.25, -0.2) is 0 Å². The predicted molar refractivity (Wildman–Crippen MR) is 536 cm³/mol. The maximum atomic E-state index is 10.6. The highest BCUT2D eigenvalue weighted by Crippen LogP contribution is 2.54. The molecule has 6 aromatic carbocycles. The Morgan fingerprint density at radius 1 is 0.266 bits per heavy atom. The molecule has 12 unspecified atom stereocenters. The Hall–Kier alpha value is -10.2. The van der Waals surface area contributed by atoms with Crippen molar-refractivity contribution in [2.24, 2.45) is 35.5 Å². The molecule has 0 saturated carbocycles. The maximum absolute atomic E-state index is 10.6. The molecule has 12 rings (SSSR count). The Labute approximate surface area is 811 Å². The first-order valence-corrected chi connectivity index (χ1v) is 45.7. The van der Waals surface area contributed by atoms with Crippen LogP contribution in [-0.2, 0) is 38.5 Å². The van der Waals surface area contributed by atoms with Crippen LogP contribution in [0.25, 0.3) is 0 Å². The summed E-state index contributed by atoms with van der Waals surface area (Å²) < 4.78 is 223. The molecule has 12 heteroatoms. The molecule has 0 amide bonds. The average Bonchev–Trinajstić information content (AvgIpc) is 1.74. The minimum Gasteiger partial charge on any atom is -0.507 e. The number of benzene rings is 6. The van der Waals surface area contributed by atoms with Gasteiger partial charge in [-0.05, 0) is 346 Å². The van der Waals surface area contributed by atoms with Gasteiger partial charge in [0, 0.05) is 97.7 Å². The van der Waals surface area contributed by atoms with E-state index in [9.17, 15) is 61.3 Å². The highest BCUT2D eigenvalue weighted by atomic mass is 16.3. The summed E-state index contributed by atoms with van der Waals surface area (Å²) in [5.41, 5.74) is 11.4. The lowest BCUT2D eigenvalue weighted by Crippen LogP contribution is -2.17. The number of allylic oxidation sites excluding steroid dienone is 18. The van der Waals surface area contributed by atoms with E-state index < -0.39 is 108 Å². The maximum Gasteiger partial charge on any atom is 0.123 e. The lowest BCUT2D eigenvalue weighted by molar-refractivity contribution is 0.405. The first-order valence-electron chi connectivity index (χ1n) is 60.2. The monoisotopic (exact) mass is 1770 g/mol. The zero-order chi connectivity index (χ0) is 119.